The van der Waals surface area contributed by atoms with E-state index < -0.39 is 6.10 Å². The molecule has 2 heterocycles. The number of hydrogen-bond acceptors (Lipinski definition) is 4. The van der Waals surface area contributed by atoms with Crippen LogP contribution >= 0.6 is 0 Å². The van der Waals surface area contributed by atoms with Gasteiger partial charge in [0, 0.05) is 31.9 Å². The number of benzene rings is 1. The summed E-state index contributed by atoms with van der Waals surface area (Å²) in [4.78, 5) is 17.9. The number of pyridine rings is 1. The number of aliphatic hydroxyl groups is 1. The number of urea groups is 1. The fourth-order valence-electron chi connectivity index (χ4n) is 2.90. The minimum absolute atomic E-state index is 0.0877. The largest absolute Gasteiger partial charge is 0.387 e. The minimum atomic E-state index is -0.755. The third-order valence-corrected chi connectivity index (χ3v) is 4.20. The van der Waals surface area contributed by atoms with Crippen molar-refractivity contribution in [2.24, 2.45) is 0 Å². The molecule has 1 fully saturated rings. The predicted octanol–water partition coefficient (Wildman–Crippen LogP) is 1.83. The quantitative estimate of drug-likeness (QED) is 0.773. The molecule has 25 heavy (non-hydrogen) atoms. The molecule has 7 heteroatoms. The maximum atomic E-state index is 13.8. The Morgan fingerprint density at radius 3 is 2.88 bits per heavy atom. The number of anilines is 1. The molecule has 2 aromatic rings. The van der Waals surface area contributed by atoms with Crippen LogP contribution in [0, 0.1) is 5.82 Å². The van der Waals surface area contributed by atoms with Gasteiger partial charge in [0.15, 0.2) is 11.6 Å². The van der Waals surface area contributed by atoms with Crippen LogP contribution in [0.1, 0.15) is 18.1 Å². The molecule has 132 valence electrons. The molecule has 0 bridgehead atoms. The van der Waals surface area contributed by atoms with Crippen molar-refractivity contribution < 1.29 is 14.3 Å². The number of hydrogen-bond donors (Lipinski definition) is 3. The average molecular weight is 344 g/mol. The van der Waals surface area contributed by atoms with Crippen LogP contribution in [-0.2, 0) is 0 Å². The lowest BCUT2D eigenvalue weighted by molar-refractivity contribution is 0.172. The van der Waals surface area contributed by atoms with Gasteiger partial charge in [-0.2, -0.15) is 0 Å². The first-order chi connectivity index (χ1) is 12.1. The topological polar surface area (TPSA) is 77.5 Å². The second kappa shape index (κ2) is 7.94. The number of amides is 2. The van der Waals surface area contributed by atoms with E-state index in [1.165, 1.54) is 6.07 Å². The van der Waals surface area contributed by atoms with Gasteiger partial charge < -0.3 is 20.6 Å². The van der Waals surface area contributed by atoms with Gasteiger partial charge in [-0.1, -0.05) is 30.3 Å². The van der Waals surface area contributed by atoms with E-state index in [0.717, 1.165) is 5.56 Å². The summed E-state index contributed by atoms with van der Waals surface area (Å²) in [6.07, 6.45) is 1.51. The average Bonchev–Trinajstić information content (AvgIpc) is 3.09. The van der Waals surface area contributed by atoms with E-state index in [1.54, 1.807) is 24.4 Å². The Morgan fingerprint density at radius 2 is 2.12 bits per heavy atom. The lowest BCUT2D eigenvalue weighted by Gasteiger charge is -2.19. The summed E-state index contributed by atoms with van der Waals surface area (Å²) >= 11 is 0. The first kappa shape index (κ1) is 17.2. The molecular weight excluding hydrogens is 323 g/mol. The second-order valence-electron chi connectivity index (χ2n) is 6.02. The molecule has 0 saturated carbocycles. The second-order valence-corrected chi connectivity index (χ2v) is 6.02. The normalized spacial score (nSPS) is 18.0. The van der Waals surface area contributed by atoms with Gasteiger partial charge in [0.05, 0.1) is 6.10 Å². The summed E-state index contributed by atoms with van der Waals surface area (Å²) in [5.41, 5.74) is 0.750. The van der Waals surface area contributed by atoms with Crippen LogP contribution in [0.25, 0.3) is 0 Å². The number of nitrogens with zero attached hydrogens (tertiary/aromatic N) is 2. The number of aromatic nitrogens is 1. The summed E-state index contributed by atoms with van der Waals surface area (Å²) in [6.45, 7) is 1.26. The minimum Gasteiger partial charge on any atom is -0.387 e. The van der Waals surface area contributed by atoms with Gasteiger partial charge in [0.2, 0.25) is 0 Å². The van der Waals surface area contributed by atoms with Gasteiger partial charge >= 0.3 is 6.03 Å². The highest BCUT2D eigenvalue weighted by Gasteiger charge is 2.26. The van der Waals surface area contributed by atoms with Crippen LogP contribution in [0.2, 0.25) is 0 Å². The maximum Gasteiger partial charge on any atom is 0.315 e. The summed E-state index contributed by atoms with van der Waals surface area (Å²) in [5.74, 6) is -0.0507. The molecule has 1 saturated heterocycles. The molecular formula is C18H21FN4O2. The third kappa shape index (κ3) is 4.45. The zero-order valence-corrected chi connectivity index (χ0v) is 13.7. The first-order valence-electron chi connectivity index (χ1n) is 8.26. The summed E-state index contributed by atoms with van der Waals surface area (Å²) in [5, 5.41) is 15.6. The van der Waals surface area contributed by atoms with Crippen molar-refractivity contribution in [3.63, 3.8) is 0 Å². The number of aliphatic hydroxyl groups excluding tert-OH is 1. The molecule has 6 nitrogen and oxygen atoms in total. The van der Waals surface area contributed by atoms with E-state index in [1.807, 2.05) is 23.1 Å². The molecule has 1 aliphatic heterocycles. The van der Waals surface area contributed by atoms with Gasteiger partial charge in [-0.25, -0.2) is 14.2 Å². The monoisotopic (exact) mass is 344 g/mol. The molecule has 1 aliphatic rings. The molecule has 3 rings (SSSR count). The van der Waals surface area contributed by atoms with Gasteiger partial charge in [-0.3, -0.25) is 0 Å². The Morgan fingerprint density at radius 1 is 1.32 bits per heavy atom. The Balaban J connectivity index is 1.45. The highest BCUT2D eigenvalue weighted by Crippen LogP contribution is 2.20. The molecule has 1 aromatic heterocycles. The predicted molar refractivity (Wildman–Crippen MR) is 92.7 cm³/mol. The van der Waals surface area contributed by atoms with Gasteiger partial charge in [0.1, 0.15) is 0 Å². The van der Waals surface area contributed by atoms with E-state index >= 15 is 0 Å². The summed E-state index contributed by atoms with van der Waals surface area (Å²) < 4.78 is 13.8. The fraction of sp³-hybridized carbons (Fsp3) is 0.333. The van der Waals surface area contributed by atoms with Crippen molar-refractivity contribution in [2.75, 3.05) is 24.5 Å². The van der Waals surface area contributed by atoms with E-state index in [0.29, 0.717) is 25.3 Å². The Kier molecular flexibility index (Phi) is 5.45. The molecule has 0 radical (unpaired) electrons. The van der Waals surface area contributed by atoms with Crippen LogP contribution in [0.5, 0.6) is 0 Å². The smallest absolute Gasteiger partial charge is 0.315 e. The number of nitrogens with one attached hydrogen (secondary N) is 2. The molecule has 2 amide bonds. The van der Waals surface area contributed by atoms with Crippen molar-refractivity contribution >= 4 is 11.8 Å². The van der Waals surface area contributed by atoms with Crippen LogP contribution in [-0.4, -0.2) is 41.8 Å². The lowest BCUT2D eigenvalue weighted by atomic mass is 10.1. The van der Waals surface area contributed by atoms with Gasteiger partial charge in [0.25, 0.3) is 0 Å². The summed E-state index contributed by atoms with van der Waals surface area (Å²) in [6, 6.07) is 11.6. The number of carbonyl (C=O) groups is 1. The van der Waals surface area contributed by atoms with Gasteiger partial charge in [-0.15, -0.1) is 0 Å². The SMILES string of the molecule is O=C(NCC(O)c1ccccc1)NC1CCN(c2ncccc2F)C1. The van der Waals surface area contributed by atoms with E-state index in [4.69, 9.17) is 0 Å². The van der Waals surface area contributed by atoms with Crippen molar-refractivity contribution in [2.45, 2.75) is 18.6 Å². The molecule has 3 N–H and O–H groups in total. The lowest BCUT2D eigenvalue weighted by Crippen LogP contribution is -2.44. The van der Waals surface area contributed by atoms with Crippen LogP contribution < -0.4 is 15.5 Å². The first-order valence-corrected chi connectivity index (χ1v) is 8.26. The summed E-state index contributed by atoms with van der Waals surface area (Å²) in [7, 11) is 0. The third-order valence-electron chi connectivity index (χ3n) is 4.20. The molecule has 2 unspecified atom stereocenters. The highest BCUT2D eigenvalue weighted by atomic mass is 19.1. The van der Waals surface area contributed by atoms with E-state index in [9.17, 15) is 14.3 Å². The van der Waals surface area contributed by atoms with Crippen LogP contribution in [0.4, 0.5) is 15.0 Å². The standard InChI is InChI=1S/C18H21FN4O2/c19-15-7-4-9-20-17(15)23-10-8-14(12-23)22-18(25)21-11-16(24)13-5-2-1-3-6-13/h1-7,9,14,16,24H,8,10-12H2,(H2,21,22,25). The molecule has 0 aliphatic carbocycles. The fourth-order valence-corrected chi connectivity index (χ4v) is 2.90. The van der Waals surface area contributed by atoms with Crippen molar-refractivity contribution in [1.29, 1.82) is 0 Å². The zero-order valence-electron chi connectivity index (χ0n) is 13.7. The zero-order chi connectivity index (χ0) is 17.6. The van der Waals surface area contributed by atoms with Crippen LogP contribution in [0.15, 0.2) is 48.7 Å². The number of carbonyl (C=O) groups excluding carboxylic acids is 1. The number of halogens is 1. The van der Waals surface area contributed by atoms with Crippen molar-refractivity contribution in [3.05, 3.63) is 60.0 Å². The van der Waals surface area contributed by atoms with Crippen molar-refractivity contribution in [3.8, 4) is 0 Å². The Bertz CT molecular complexity index is 713. The molecule has 2 atom stereocenters. The van der Waals surface area contributed by atoms with E-state index in [-0.39, 0.29) is 24.4 Å². The number of rotatable bonds is 5. The Labute approximate surface area is 145 Å². The molecule has 0 spiro atoms. The molecule has 1 aromatic carbocycles. The van der Waals surface area contributed by atoms with Gasteiger partial charge in [-0.05, 0) is 24.1 Å². The highest BCUT2D eigenvalue weighted by molar-refractivity contribution is 5.74. The Hall–Kier alpha value is -2.67. The van der Waals surface area contributed by atoms with E-state index in [2.05, 4.69) is 15.6 Å². The maximum absolute atomic E-state index is 13.8. The van der Waals surface area contributed by atoms with Crippen LogP contribution in [0.3, 0.4) is 0 Å². The van der Waals surface area contributed by atoms with Crippen molar-refractivity contribution in [1.82, 2.24) is 15.6 Å².